The molecule has 0 bridgehead atoms. The average Bonchev–Trinajstić information content (AvgIpc) is 2.42. The van der Waals surface area contributed by atoms with Gasteiger partial charge in [0.05, 0.1) is 0 Å². The fraction of sp³-hybridized carbons (Fsp3) is 0.533. The largest absolute Gasteiger partial charge is 0.414 e. The first kappa shape index (κ1) is 15.3. The Morgan fingerprint density at radius 1 is 1.50 bits per heavy atom. The van der Waals surface area contributed by atoms with E-state index in [-0.39, 0.29) is 6.09 Å². The van der Waals surface area contributed by atoms with Gasteiger partial charge < -0.3 is 9.64 Å². The summed E-state index contributed by atoms with van der Waals surface area (Å²) in [6.45, 7) is 1.04. The molecule has 20 heavy (non-hydrogen) atoms. The molecule has 1 aromatic rings. The van der Waals surface area contributed by atoms with E-state index in [2.05, 4.69) is 33.9 Å². The van der Waals surface area contributed by atoms with Crippen LogP contribution in [0, 0.1) is 0 Å². The minimum absolute atomic E-state index is 0.338. The van der Waals surface area contributed by atoms with E-state index in [1.165, 1.54) is 16.0 Å². The fourth-order valence-electron chi connectivity index (χ4n) is 2.55. The van der Waals surface area contributed by atoms with Crippen LogP contribution in [0.15, 0.2) is 18.2 Å². The van der Waals surface area contributed by atoms with Crippen molar-refractivity contribution in [2.24, 2.45) is 0 Å². The molecule has 0 aromatic heterocycles. The molecule has 1 aliphatic rings. The lowest BCUT2D eigenvalue weighted by atomic mass is 9.91. The molecule has 110 valence electrons. The van der Waals surface area contributed by atoms with Crippen LogP contribution in [0.5, 0.6) is 5.75 Å². The van der Waals surface area contributed by atoms with Crippen LogP contribution in [0.1, 0.15) is 23.6 Å². The zero-order valence-corrected chi connectivity index (χ0v) is 13.8. The third-order valence-electron chi connectivity index (χ3n) is 3.69. The second-order valence-corrected chi connectivity index (χ2v) is 6.14. The fourth-order valence-corrected chi connectivity index (χ4v) is 2.98. The summed E-state index contributed by atoms with van der Waals surface area (Å²) in [4.78, 5) is 15.4. The topological polar surface area (TPSA) is 32.8 Å². The molecule has 1 aliphatic heterocycles. The highest BCUT2D eigenvalue weighted by molar-refractivity contribution is 9.09. The molecule has 0 fully saturated rings. The van der Waals surface area contributed by atoms with Crippen LogP contribution in [0.25, 0.3) is 0 Å². The highest BCUT2D eigenvalue weighted by Gasteiger charge is 2.24. The smallest absolute Gasteiger partial charge is 0.410 e. The maximum atomic E-state index is 11.6. The first-order valence-electron chi connectivity index (χ1n) is 6.81. The number of nitrogens with zero attached hydrogens (tertiary/aromatic N) is 2. The number of hydrogen-bond acceptors (Lipinski definition) is 3. The Hall–Kier alpha value is -1.07. The van der Waals surface area contributed by atoms with E-state index >= 15 is 0 Å². The predicted molar refractivity (Wildman–Crippen MR) is 83.6 cm³/mol. The van der Waals surface area contributed by atoms with Crippen LogP contribution in [0.2, 0.25) is 0 Å². The summed E-state index contributed by atoms with van der Waals surface area (Å²) in [5.74, 6) is 0.629. The third-order valence-corrected chi connectivity index (χ3v) is 4.15. The molecule has 0 N–H and O–H groups in total. The van der Waals surface area contributed by atoms with Crippen LogP contribution in [-0.2, 0) is 6.42 Å². The molecule has 0 saturated heterocycles. The number of likely N-dealkylation sites (N-methyl/N-ethyl adjacent to an activating group) is 1. The first-order chi connectivity index (χ1) is 9.52. The molecule has 1 unspecified atom stereocenters. The summed E-state index contributed by atoms with van der Waals surface area (Å²) in [6, 6.07) is 6.43. The number of rotatable bonds is 3. The van der Waals surface area contributed by atoms with E-state index in [1.807, 2.05) is 12.1 Å². The summed E-state index contributed by atoms with van der Waals surface area (Å²) in [5, 5.41) is 0.985. The van der Waals surface area contributed by atoms with Gasteiger partial charge in [-0.3, -0.25) is 4.90 Å². The zero-order chi connectivity index (χ0) is 14.7. The summed E-state index contributed by atoms with van der Waals surface area (Å²) in [7, 11) is 5.53. The molecule has 0 aliphatic carbocycles. The minimum atomic E-state index is -0.338. The van der Waals surface area contributed by atoms with Crippen LogP contribution < -0.4 is 4.74 Å². The number of benzene rings is 1. The summed E-state index contributed by atoms with van der Waals surface area (Å²) in [5.41, 5.74) is 2.64. The number of amides is 1. The zero-order valence-electron chi connectivity index (χ0n) is 12.2. The van der Waals surface area contributed by atoms with E-state index < -0.39 is 0 Å². The van der Waals surface area contributed by atoms with E-state index in [1.54, 1.807) is 14.1 Å². The molecule has 0 saturated carbocycles. The molecule has 1 amide bonds. The van der Waals surface area contributed by atoms with Crippen molar-refractivity contribution in [2.45, 2.75) is 18.9 Å². The Morgan fingerprint density at radius 3 is 2.90 bits per heavy atom. The van der Waals surface area contributed by atoms with Crippen molar-refractivity contribution in [3.05, 3.63) is 29.3 Å². The monoisotopic (exact) mass is 340 g/mol. The minimum Gasteiger partial charge on any atom is -0.410 e. The third kappa shape index (κ3) is 3.33. The van der Waals surface area contributed by atoms with Crippen LogP contribution >= 0.6 is 15.9 Å². The number of halogens is 1. The Balaban J connectivity index is 2.21. The number of alkyl halides is 1. The van der Waals surface area contributed by atoms with Gasteiger partial charge in [0.1, 0.15) is 5.75 Å². The van der Waals surface area contributed by atoms with Crippen LogP contribution in [0.3, 0.4) is 0 Å². The SMILES string of the molecule is CN(C)C(=O)Oc1ccc2c(c1)CCN(C)C2CCBr. The number of fused-ring (bicyclic) bond motifs is 1. The van der Waals surface area contributed by atoms with Gasteiger partial charge in [0.2, 0.25) is 0 Å². The van der Waals surface area contributed by atoms with Crippen molar-refractivity contribution < 1.29 is 9.53 Å². The quantitative estimate of drug-likeness (QED) is 0.792. The number of carbonyl (C=O) groups excluding carboxylic acids is 1. The first-order valence-corrected chi connectivity index (χ1v) is 7.93. The van der Waals surface area contributed by atoms with Crippen molar-refractivity contribution in [1.29, 1.82) is 0 Å². The van der Waals surface area contributed by atoms with Gasteiger partial charge in [0.15, 0.2) is 0 Å². The molecule has 0 radical (unpaired) electrons. The van der Waals surface area contributed by atoms with Gasteiger partial charge >= 0.3 is 6.09 Å². The van der Waals surface area contributed by atoms with Gasteiger partial charge in [-0.2, -0.15) is 0 Å². The van der Waals surface area contributed by atoms with Crippen molar-refractivity contribution in [3.63, 3.8) is 0 Å². The molecule has 1 aromatic carbocycles. The van der Waals surface area contributed by atoms with Crippen molar-refractivity contribution in [1.82, 2.24) is 9.80 Å². The van der Waals surface area contributed by atoms with E-state index in [0.29, 0.717) is 11.8 Å². The average molecular weight is 341 g/mol. The lowest BCUT2D eigenvalue weighted by Crippen LogP contribution is -2.32. The molecule has 4 nitrogen and oxygen atoms in total. The maximum absolute atomic E-state index is 11.6. The molecular formula is C15H21BrN2O2. The van der Waals surface area contributed by atoms with Crippen LogP contribution in [0.4, 0.5) is 4.79 Å². The standard InChI is InChI=1S/C15H21BrN2O2/c1-17(2)15(19)20-12-4-5-13-11(10-12)7-9-18(3)14(13)6-8-16/h4-5,10,14H,6-9H2,1-3H3. The van der Waals surface area contributed by atoms with Gasteiger partial charge in [-0.15, -0.1) is 0 Å². The Morgan fingerprint density at radius 2 is 2.25 bits per heavy atom. The molecule has 1 heterocycles. The van der Waals surface area contributed by atoms with Gasteiger partial charge in [0.25, 0.3) is 0 Å². The predicted octanol–water partition coefficient (Wildman–Crippen LogP) is 3.06. The Kier molecular flexibility index (Phi) is 5.05. The van der Waals surface area contributed by atoms with E-state index in [9.17, 15) is 4.79 Å². The van der Waals surface area contributed by atoms with Crippen LogP contribution in [-0.4, -0.2) is 48.9 Å². The maximum Gasteiger partial charge on any atom is 0.414 e. The van der Waals surface area contributed by atoms with Gasteiger partial charge in [0, 0.05) is 32.0 Å². The highest BCUT2D eigenvalue weighted by atomic mass is 79.9. The van der Waals surface area contributed by atoms with Crippen molar-refractivity contribution in [3.8, 4) is 5.75 Å². The molecule has 0 spiro atoms. The Bertz CT molecular complexity index is 491. The molecule has 1 atom stereocenters. The summed E-state index contributed by atoms with van der Waals surface area (Å²) >= 11 is 3.53. The van der Waals surface area contributed by atoms with E-state index in [4.69, 9.17) is 4.74 Å². The lowest BCUT2D eigenvalue weighted by Gasteiger charge is -2.34. The van der Waals surface area contributed by atoms with Gasteiger partial charge in [-0.25, -0.2) is 4.79 Å². The number of hydrogen-bond donors (Lipinski definition) is 0. The van der Waals surface area contributed by atoms with Crippen molar-refractivity contribution in [2.75, 3.05) is 33.0 Å². The highest BCUT2D eigenvalue weighted by Crippen LogP contribution is 2.33. The van der Waals surface area contributed by atoms with Crippen molar-refractivity contribution >= 4 is 22.0 Å². The molecule has 5 heteroatoms. The number of carbonyl (C=O) groups is 1. The normalized spacial score (nSPS) is 18.5. The second kappa shape index (κ2) is 6.59. The molecule has 2 rings (SSSR count). The summed E-state index contributed by atoms with van der Waals surface area (Å²) < 4.78 is 5.33. The number of ether oxygens (including phenoxy) is 1. The summed E-state index contributed by atoms with van der Waals surface area (Å²) in [6.07, 6.45) is 1.74. The Labute approximate surface area is 128 Å². The second-order valence-electron chi connectivity index (χ2n) is 5.35. The van der Waals surface area contributed by atoms with Gasteiger partial charge in [-0.1, -0.05) is 22.0 Å². The molecular weight excluding hydrogens is 320 g/mol. The lowest BCUT2D eigenvalue weighted by molar-refractivity contribution is 0.171. The van der Waals surface area contributed by atoms with E-state index in [0.717, 1.165) is 24.7 Å². The van der Waals surface area contributed by atoms with Gasteiger partial charge in [-0.05, 0) is 43.1 Å².